The third kappa shape index (κ3) is 3.20. The molecule has 0 amide bonds. The lowest BCUT2D eigenvalue weighted by molar-refractivity contribution is 0.0503. The van der Waals surface area contributed by atoms with Crippen molar-refractivity contribution < 1.29 is 13.5 Å². The lowest BCUT2D eigenvalue weighted by Gasteiger charge is -2.31. The van der Waals surface area contributed by atoms with Gasteiger partial charge in [-0.1, -0.05) is 12.1 Å². The van der Waals surface area contributed by atoms with Crippen LogP contribution in [0, 0.1) is 0 Å². The van der Waals surface area contributed by atoms with E-state index in [0.717, 1.165) is 5.56 Å². The Kier molecular flexibility index (Phi) is 3.14. The van der Waals surface area contributed by atoms with Crippen molar-refractivity contribution in [1.29, 1.82) is 0 Å². The monoisotopic (exact) mass is 255 g/mol. The van der Waals surface area contributed by atoms with Crippen LogP contribution >= 0.6 is 0 Å². The molecule has 0 saturated carbocycles. The Hall–Kier alpha value is -1.07. The predicted octanol–water partition coefficient (Wildman–Crippen LogP) is 0.751. The molecule has 1 atom stereocenters. The number of aliphatic hydroxyl groups is 1. The van der Waals surface area contributed by atoms with Crippen LogP contribution in [0.5, 0.6) is 0 Å². The highest BCUT2D eigenvalue weighted by Crippen LogP contribution is 2.27. The van der Waals surface area contributed by atoms with Crippen molar-refractivity contribution in [2.45, 2.75) is 24.9 Å². The molecule has 4 nitrogen and oxygen atoms in total. The van der Waals surface area contributed by atoms with Crippen LogP contribution in [0.1, 0.15) is 18.4 Å². The van der Waals surface area contributed by atoms with Crippen molar-refractivity contribution in [1.82, 2.24) is 0 Å². The Morgan fingerprint density at radius 3 is 2.82 bits per heavy atom. The third-order valence-corrected chi connectivity index (χ3v) is 4.96. The highest BCUT2D eigenvalue weighted by molar-refractivity contribution is 7.91. The number of hydrogen-bond acceptors (Lipinski definition) is 4. The number of hydrogen-bond donors (Lipinski definition) is 2. The molecular formula is C12H17NO3S. The minimum atomic E-state index is -3.10. The normalized spacial score (nSPS) is 27.8. The number of anilines is 1. The van der Waals surface area contributed by atoms with Gasteiger partial charge in [0, 0.05) is 12.1 Å². The van der Waals surface area contributed by atoms with E-state index in [1.54, 1.807) is 12.1 Å². The van der Waals surface area contributed by atoms with E-state index in [2.05, 4.69) is 0 Å². The summed E-state index contributed by atoms with van der Waals surface area (Å²) in [6.07, 6.45) is 1.40. The standard InChI is InChI=1S/C12H17NO3S/c13-11-4-1-3-10(7-11)8-12(14)5-2-6-17(15,16)9-12/h1,3-4,7,14H,2,5-6,8-9,13H2. The molecule has 94 valence electrons. The molecule has 17 heavy (non-hydrogen) atoms. The Morgan fingerprint density at radius 2 is 2.18 bits per heavy atom. The fourth-order valence-electron chi connectivity index (χ4n) is 2.40. The first-order valence-electron chi connectivity index (χ1n) is 5.66. The lowest BCUT2D eigenvalue weighted by Crippen LogP contribution is -2.44. The van der Waals surface area contributed by atoms with Crippen molar-refractivity contribution in [3.05, 3.63) is 29.8 Å². The Labute approximate surface area is 101 Å². The van der Waals surface area contributed by atoms with Gasteiger partial charge >= 0.3 is 0 Å². The van der Waals surface area contributed by atoms with Gasteiger partial charge in [0.05, 0.1) is 17.1 Å². The molecule has 1 fully saturated rings. The fraction of sp³-hybridized carbons (Fsp3) is 0.500. The average Bonchev–Trinajstić information content (AvgIpc) is 2.14. The summed E-state index contributed by atoms with van der Waals surface area (Å²) in [6, 6.07) is 7.21. The molecule has 0 aliphatic carbocycles. The van der Waals surface area contributed by atoms with Gasteiger partial charge < -0.3 is 10.8 Å². The largest absolute Gasteiger partial charge is 0.399 e. The van der Waals surface area contributed by atoms with Crippen molar-refractivity contribution in [2.24, 2.45) is 0 Å². The zero-order valence-corrected chi connectivity index (χ0v) is 10.4. The van der Waals surface area contributed by atoms with Gasteiger partial charge in [0.25, 0.3) is 0 Å². The highest BCUT2D eigenvalue weighted by atomic mass is 32.2. The quantitative estimate of drug-likeness (QED) is 0.764. The van der Waals surface area contributed by atoms with E-state index in [1.165, 1.54) is 0 Å². The molecule has 0 radical (unpaired) electrons. The maximum absolute atomic E-state index is 11.5. The lowest BCUT2D eigenvalue weighted by atomic mass is 9.91. The SMILES string of the molecule is Nc1cccc(CC2(O)CCCS(=O)(=O)C2)c1. The van der Waals surface area contributed by atoms with E-state index < -0.39 is 15.4 Å². The van der Waals surface area contributed by atoms with Crippen LogP contribution in [0.15, 0.2) is 24.3 Å². The van der Waals surface area contributed by atoms with Crippen molar-refractivity contribution in [3.63, 3.8) is 0 Å². The van der Waals surface area contributed by atoms with Gasteiger partial charge in [-0.05, 0) is 30.5 Å². The minimum absolute atomic E-state index is 0.144. The van der Waals surface area contributed by atoms with E-state index in [9.17, 15) is 13.5 Å². The van der Waals surface area contributed by atoms with Crippen LogP contribution in [0.25, 0.3) is 0 Å². The van der Waals surface area contributed by atoms with Crippen LogP contribution in [-0.4, -0.2) is 30.6 Å². The third-order valence-electron chi connectivity index (χ3n) is 3.07. The predicted molar refractivity (Wildman–Crippen MR) is 67.4 cm³/mol. The van der Waals surface area contributed by atoms with Crippen LogP contribution in [0.2, 0.25) is 0 Å². The molecule has 0 spiro atoms. The van der Waals surface area contributed by atoms with Crippen LogP contribution in [0.4, 0.5) is 5.69 Å². The van der Waals surface area contributed by atoms with Gasteiger partial charge in [0.2, 0.25) is 0 Å². The summed E-state index contributed by atoms with van der Waals surface area (Å²) in [4.78, 5) is 0. The highest BCUT2D eigenvalue weighted by Gasteiger charge is 2.37. The first-order chi connectivity index (χ1) is 7.89. The minimum Gasteiger partial charge on any atom is -0.399 e. The number of nitrogens with two attached hydrogens (primary N) is 1. The topological polar surface area (TPSA) is 80.4 Å². The first-order valence-corrected chi connectivity index (χ1v) is 7.48. The molecular weight excluding hydrogens is 238 g/mol. The molecule has 1 aromatic rings. The van der Waals surface area contributed by atoms with Crippen LogP contribution in [0.3, 0.4) is 0 Å². The van der Waals surface area contributed by atoms with E-state index >= 15 is 0 Å². The Bertz CT molecular complexity index is 512. The molecule has 0 aromatic heterocycles. The number of benzene rings is 1. The summed E-state index contributed by atoms with van der Waals surface area (Å²) in [5, 5.41) is 10.3. The molecule has 1 saturated heterocycles. The van der Waals surface area contributed by atoms with Crippen LogP contribution in [-0.2, 0) is 16.3 Å². The van der Waals surface area contributed by atoms with Gasteiger partial charge in [-0.2, -0.15) is 0 Å². The number of sulfone groups is 1. The molecule has 1 heterocycles. The van der Waals surface area contributed by atoms with Gasteiger partial charge in [0.1, 0.15) is 0 Å². The summed E-state index contributed by atoms with van der Waals surface area (Å²) in [6.45, 7) is 0. The molecule has 5 heteroatoms. The molecule has 1 aliphatic rings. The molecule has 1 unspecified atom stereocenters. The second kappa shape index (κ2) is 4.31. The summed E-state index contributed by atoms with van der Waals surface area (Å²) in [7, 11) is -3.10. The van der Waals surface area contributed by atoms with Gasteiger partial charge in [-0.25, -0.2) is 8.42 Å². The number of nitrogen functional groups attached to an aromatic ring is 1. The summed E-state index contributed by atoms with van der Waals surface area (Å²) >= 11 is 0. The fourth-order valence-corrected chi connectivity index (χ4v) is 4.19. The zero-order chi connectivity index (χ0) is 12.5. The average molecular weight is 255 g/mol. The van der Waals surface area contributed by atoms with E-state index in [0.29, 0.717) is 24.9 Å². The molecule has 2 rings (SSSR count). The Balaban J connectivity index is 2.17. The van der Waals surface area contributed by atoms with E-state index in [-0.39, 0.29) is 11.5 Å². The van der Waals surface area contributed by atoms with Crippen molar-refractivity contribution >= 4 is 15.5 Å². The first kappa shape index (κ1) is 12.4. The second-order valence-electron chi connectivity index (χ2n) is 4.84. The molecule has 1 aromatic carbocycles. The van der Waals surface area contributed by atoms with Gasteiger partial charge in [-0.15, -0.1) is 0 Å². The molecule has 3 N–H and O–H groups in total. The molecule has 1 aliphatic heterocycles. The smallest absolute Gasteiger partial charge is 0.153 e. The van der Waals surface area contributed by atoms with Crippen molar-refractivity contribution in [2.75, 3.05) is 17.2 Å². The maximum atomic E-state index is 11.5. The molecule has 0 bridgehead atoms. The van der Waals surface area contributed by atoms with E-state index in [1.807, 2.05) is 12.1 Å². The summed E-state index contributed by atoms with van der Waals surface area (Å²) in [5.41, 5.74) is 6.03. The van der Waals surface area contributed by atoms with Crippen molar-refractivity contribution in [3.8, 4) is 0 Å². The van der Waals surface area contributed by atoms with Gasteiger partial charge in [0.15, 0.2) is 9.84 Å². The Morgan fingerprint density at radius 1 is 1.41 bits per heavy atom. The van der Waals surface area contributed by atoms with E-state index in [4.69, 9.17) is 5.73 Å². The zero-order valence-electron chi connectivity index (χ0n) is 9.59. The number of rotatable bonds is 2. The second-order valence-corrected chi connectivity index (χ2v) is 7.03. The van der Waals surface area contributed by atoms with Gasteiger partial charge in [-0.3, -0.25) is 0 Å². The summed E-state index contributed by atoms with van der Waals surface area (Å²) in [5.74, 6) is 0.0427. The maximum Gasteiger partial charge on any atom is 0.153 e. The van der Waals surface area contributed by atoms with Crippen LogP contribution < -0.4 is 5.73 Å². The summed E-state index contributed by atoms with van der Waals surface area (Å²) < 4.78 is 23.1.